The molecule has 2 heterocycles. The van der Waals surface area contributed by atoms with Gasteiger partial charge in [0, 0.05) is 30.0 Å². The number of ether oxygens (including phenoxy) is 3. The number of amides is 1. The smallest absolute Gasteiger partial charge is 0.341 e. The zero-order chi connectivity index (χ0) is 27.4. The number of nitrogens with zero attached hydrogens (tertiary/aromatic N) is 1. The third-order valence-corrected chi connectivity index (χ3v) is 9.48. The molecular weight excluding hydrogens is 528 g/mol. The van der Waals surface area contributed by atoms with Gasteiger partial charge in [-0.05, 0) is 61.4 Å². The van der Waals surface area contributed by atoms with E-state index >= 15 is 0 Å². The molecule has 202 valence electrons. The minimum absolute atomic E-state index is 0.114. The molecular formula is C27H30N2O7S2. The first-order chi connectivity index (χ1) is 18.2. The van der Waals surface area contributed by atoms with Crippen LogP contribution in [0, 0.1) is 6.92 Å². The van der Waals surface area contributed by atoms with E-state index in [4.69, 9.17) is 14.2 Å². The fourth-order valence-corrected chi connectivity index (χ4v) is 6.85. The highest BCUT2D eigenvalue weighted by molar-refractivity contribution is 7.89. The first kappa shape index (κ1) is 27.6. The van der Waals surface area contributed by atoms with Crippen molar-refractivity contribution in [3.8, 4) is 11.5 Å². The van der Waals surface area contributed by atoms with Crippen LogP contribution >= 0.6 is 11.3 Å². The zero-order valence-corrected chi connectivity index (χ0v) is 23.3. The molecule has 0 radical (unpaired) electrons. The number of esters is 1. The van der Waals surface area contributed by atoms with Crippen LogP contribution in [0.15, 0.2) is 47.4 Å². The van der Waals surface area contributed by atoms with E-state index in [9.17, 15) is 18.0 Å². The molecule has 1 aliphatic rings. The Bertz CT molecular complexity index is 1440. The third-order valence-electron chi connectivity index (χ3n) is 6.21. The summed E-state index contributed by atoms with van der Waals surface area (Å²) in [5, 5.41) is 3.21. The van der Waals surface area contributed by atoms with Gasteiger partial charge in [-0.3, -0.25) is 4.79 Å². The SMILES string of the molecule is CCOC(=O)c1c(NC(=O)c2ccc(S(=O)(=O)N(CC)CC)cc2)sc(Cc2ccc3c(c2)OCO3)c1C. The highest BCUT2D eigenvalue weighted by Gasteiger charge is 2.26. The van der Waals surface area contributed by atoms with Crippen LogP contribution in [0.2, 0.25) is 0 Å². The molecule has 38 heavy (non-hydrogen) atoms. The largest absolute Gasteiger partial charge is 0.462 e. The predicted molar refractivity (Wildman–Crippen MR) is 145 cm³/mol. The fraction of sp³-hybridized carbons (Fsp3) is 0.333. The second-order valence-electron chi connectivity index (χ2n) is 8.51. The molecule has 2 aromatic carbocycles. The summed E-state index contributed by atoms with van der Waals surface area (Å²) < 4.78 is 43.0. The monoisotopic (exact) mass is 558 g/mol. The van der Waals surface area contributed by atoms with Gasteiger partial charge in [0.2, 0.25) is 16.8 Å². The predicted octanol–water partition coefficient (Wildman–Crippen LogP) is 4.84. The summed E-state index contributed by atoms with van der Waals surface area (Å²) in [5.74, 6) is 0.377. The lowest BCUT2D eigenvalue weighted by Crippen LogP contribution is -2.30. The van der Waals surface area contributed by atoms with Crippen LogP contribution in [0.25, 0.3) is 0 Å². The van der Waals surface area contributed by atoms with Crippen molar-refractivity contribution in [2.45, 2.75) is 39.0 Å². The number of hydrogen-bond acceptors (Lipinski definition) is 8. The maximum atomic E-state index is 13.1. The van der Waals surface area contributed by atoms with Crippen LogP contribution in [0.3, 0.4) is 0 Å². The second-order valence-corrected chi connectivity index (χ2v) is 11.6. The number of thiophene rings is 1. The summed E-state index contributed by atoms with van der Waals surface area (Å²) in [6.07, 6.45) is 0.521. The Balaban J connectivity index is 1.60. The molecule has 0 bridgehead atoms. The molecule has 0 saturated carbocycles. The Hall–Kier alpha value is -3.41. The molecule has 0 unspecified atom stereocenters. The van der Waals surface area contributed by atoms with E-state index < -0.39 is 21.9 Å². The minimum atomic E-state index is -3.64. The molecule has 0 spiro atoms. The summed E-state index contributed by atoms with van der Waals surface area (Å²) in [6, 6.07) is 11.4. The summed E-state index contributed by atoms with van der Waals surface area (Å²) in [4.78, 5) is 26.9. The topological polar surface area (TPSA) is 111 Å². The van der Waals surface area contributed by atoms with Gasteiger partial charge in [0.25, 0.3) is 5.91 Å². The van der Waals surface area contributed by atoms with Gasteiger partial charge >= 0.3 is 5.97 Å². The van der Waals surface area contributed by atoms with Gasteiger partial charge in [-0.15, -0.1) is 11.3 Å². The maximum absolute atomic E-state index is 13.1. The van der Waals surface area contributed by atoms with Gasteiger partial charge in [0.15, 0.2) is 11.5 Å². The molecule has 1 amide bonds. The molecule has 0 fully saturated rings. The van der Waals surface area contributed by atoms with E-state index in [1.807, 2.05) is 25.1 Å². The summed E-state index contributed by atoms with van der Waals surface area (Å²) in [6.45, 7) is 8.17. The molecule has 0 atom stereocenters. The normalized spacial score (nSPS) is 12.6. The number of benzene rings is 2. The first-order valence-electron chi connectivity index (χ1n) is 12.3. The Kier molecular flexibility index (Phi) is 8.39. The van der Waals surface area contributed by atoms with Crippen LogP contribution in [0.4, 0.5) is 5.00 Å². The standard InChI is InChI=1S/C27H30N2O7S2/c1-5-29(6-2)38(32,33)20-11-9-19(10-12-20)25(30)28-26-24(27(31)34-7-3)17(4)23(37-26)15-18-8-13-21-22(14-18)36-16-35-21/h8-14H,5-7,15-16H2,1-4H3,(H,28,30). The number of rotatable bonds is 10. The number of hydrogen-bond donors (Lipinski definition) is 1. The number of anilines is 1. The van der Waals surface area contributed by atoms with Crippen molar-refractivity contribution in [3.63, 3.8) is 0 Å². The maximum Gasteiger partial charge on any atom is 0.341 e. The molecule has 1 aromatic heterocycles. The zero-order valence-electron chi connectivity index (χ0n) is 21.7. The van der Waals surface area contributed by atoms with E-state index in [2.05, 4.69) is 5.32 Å². The number of fused-ring (bicyclic) bond motifs is 1. The van der Waals surface area contributed by atoms with Crippen molar-refractivity contribution < 1.29 is 32.2 Å². The minimum Gasteiger partial charge on any atom is -0.462 e. The number of carbonyl (C=O) groups excluding carboxylic acids is 2. The van der Waals surface area contributed by atoms with Gasteiger partial charge in [0.1, 0.15) is 5.00 Å². The van der Waals surface area contributed by atoms with E-state index in [1.165, 1.54) is 39.9 Å². The lowest BCUT2D eigenvalue weighted by Gasteiger charge is -2.18. The molecule has 4 rings (SSSR count). The molecule has 1 N–H and O–H groups in total. The van der Waals surface area contributed by atoms with Gasteiger partial charge in [-0.25, -0.2) is 13.2 Å². The Morgan fingerprint density at radius 2 is 1.71 bits per heavy atom. The highest BCUT2D eigenvalue weighted by Crippen LogP contribution is 2.38. The quantitative estimate of drug-likeness (QED) is 0.355. The molecule has 1 aliphatic heterocycles. The molecule has 9 nitrogen and oxygen atoms in total. The van der Waals surface area contributed by atoms with Crippen molar-refractivity contribution in [2.24, 2.45) is 0 Å². The van der Waals surface area contributed by atoms with Crippen LogP contribution in [-0.2, 0) is 21.2 Å². The molecule has 0 aliphatic carbocycles. The average Bonchev–Trinajstić information content (AvgIpc) is 3.48. The van der Waals surface area contributed by atoms with E-state index in [0.717, 1.165) is 16.0 Å². The van der Waals surface area contributed by atoms with Crippen molar-refractivity contribution in [2.75, 3.05) is 31.8 Å². The van der Waals surface area contributed by atoms with Crippen molar-refractivity contribution in [3.05, 3.63) is 69.6 Å². The lowest BCUT2D eigenvalue weighted by molar-refractivity contribution is 0.0527. The second kappa shape index (κ2) is 11.5. The average molecular weight is 559 g/mol. The van der Waals surface area contributed by atoms with Gasteiger partial charge < -0.3 is 19.5 Å². The Labute approximate surface area is 226 Å². The Morgan fingerprint density at radius 1 is 1.03 bits per heavy atom. The van der Waals surface area contributed by atoms with E-state index in [-0.39, 0.29) is 23.9 Å². The Morgan fingerprint density at radius 3 is 2.37 bits per heavy atom. The summed E-state index contributed by atoms with van der Waals surface area (Å²) >= 11 is 1.30. The molecule has 0 saturated heterocycles. The van der Waals surface area contributed by atoms with Crippen molar-refractivity contribution >= 4 is 38.2 Å². The number of nitrogens with one attached hydrogen (secondary N) is 1. The van der Waals surface area contributed by atoms with Crippen molar-refractivity contribution in [1.29, 1.82) is 0 Å². The first-order valence-corrected chi connectivity index (χ1v) is 14.5. The number of sulfonamides is 1. The van der Waals surface area contributed by atoms with Gasteiger partial charge in [0.05, 0.1) is 17.1 Å². The fourth-order valence-electron chi connectivity index (χ4n) is 4.17. The van der Waals surface area contributed by atoms with Gasteiger partial charge in [-0.1, -0.05) is 19.9 Å². The van der Waals surface area contributed by atoms with E-state index in [0.29, 0.717) is 41.6 Å². The van der Waals surface area contributed by atoms with Crippen LogP contribution < -0.4 is 14.8 Å². The molecule has 3 aromatic rings. The van der Waals surface area contributed by atoms with Crippen LogP contribution in [0.5, 0.6) is 11.5 Å². The van der Waals surface area contributed by atoms with E-state index in [1.54, 1.807) is 20.8 Å². The van der Waals surface area contributed by atoms with Crippen LogP contribution in [0.1, 0.15) is 57.5 Å². The van der Waals surface area contributed by atoms with Crippen molar-refractivity contribution in [1.82, 2.24) is 4.31 Å². The number of carbonyl (C=O) groups is 2. The van der Waals surface area contributed by atoms with Crippen LogP contribution in [-0.4, -0.2) is 51.1 Å². The van der Waals surface area contributed by atoms with Gasteiger partial charge in [-0.2, -0.15) is 4.31 Å². The molecule has 11 heteroatoms. The third kappa shape index (κ3) is 5.54. The summed E-state index contributed by atoms with van der Waals surface area (Å²) in [5.41, 5.74) is 2.27. The highest BCUT2D eigenvalue weighted by atomic mass is 32.2. The summed E-state index contributed by atoms with van der Waals surface area (Å²) in [7, 11) is -3.64. The lowest BCUT2D eigenvalue weighted by atomic mass is 10.1.